The molecule has 0 spiro atoms. The molecule has 0 radical (unpaired) electrons. The van der Waals surface area contributed by atoms with E-state index in [4.69, 9.17) is 0 Å². The molecule has 0 fully saturated rings. The van der Waals surface area contributed by atoms with Crippen LogP contribution >= 0.6 is 0 Å². The Bertz CT molecular complexity index is 325. The summed E-state index contributed by atoms with van der Waals surface area (Å²) >= 11 is 0. The largest absolute Gasteiger partial charge is 0.0691 e. The van der Waals surface area contributed by atoms with Gasteiger partial charge in [-0.1, -0.05) is 58.6 Å². The van der Waals surface area contributed by atoms with Crippen molar-refractivity contribution in [1.82, 2.24) is 0 Å². The lowest BCUT2D eigenvalue weighted by Gasteiger charge is -2.26. The van der Waals surface area contributed by atoms with Gasteiger partial charge in [0.2, 0.25) is 0 Å². The first-order valence-electron chi connectivity index (χ1n) is 6.51. The van der Waals surface area contributed by atoms with Crippen LogP contribution in [0.15, 0.2) is 18.2 Å². The lowest BCUT2D eigenvalue weighted by Crippen LogP contribution is -2.28. The van der Waals surface area contributed by atoms with Crippen molar-refractivity contribution in [3.8, 4) is 0 Å². The highest BCUT2D eigenvalue weighted by Crippen LogP contribution is 2.28. The minimum atomic E-state index is -1.07. The van der Waals surface area contributed by atoms with Gasteiger partial charge in [-0.2, -0.15) is 0 Å². The summed E-state index contributed by atoms with van der Waals surface area (Å²) in [6, 6.07) is 7.20. The molecule has 0 bridgehead atoms. The summed E-state index contributed by atoms with van der Waals surface area (Å²) in [6.45, 7) is 14.3. The Hall–Kier alpha value is -0.563. The van der Waals surface area contributed by atoms with Gasteiger partial charge in [-0.15, -0.1) is 0 Å². The highest BCUT2D eigenvalue weighted by Gasteiger charge is 2.24. The zero-order chi connectivity index (χ0) is 12.3. The summed E-state index contributed by atoms with van der Waals surface area (Å²) in [6.07, 6.45) is 2.30. The maximum absolute atomic E-state index is 2.46. The smallest absolute Gasteiger partial charge is 0.0518 e. The van der Waals surface area contributed by atoms with Crippen molar-refractivity contribution in [2.24, 2.45) is 0 Å². The third-order valence-electron chi connectivity index (χ3n) is 3.69. The van der Waals surface area contributed by atoms with Crippen LogP contribution in [0, 0.1) is 0 Å². The van der Waals surface area contributed by atoms with Gasteiger partial charge in [0.1, 0.15) is 0 Å². The molecule has 0 nitrogen and oxygen atoms in total. The van der Waals surface area contributed by atoms with Crippen molar-refractivity contribution in [1.29, 1.82) is 0 Å². The molecule has 0 amide bonds. The SMILES string of the molecule is CCc1cc(CC)cc(C(C)[Si](C)(C)C)c1. The Morgan fingerprint density at radius 2 is 1.38 bits per heavy atom. The van der Waals surface area contributed by atoms with Crippen LogP contribution in [0.25, 0.3) is 0 Å². The van der Waals surface area contributed by atoms with E-state index < -0.39 is 8.07 Å². The van der Waals surface area contributed by atoms with Crippen LogP contribution in [-0.4, -0.2) is 8.07 Å². The molecular formula is C15H26Si. The summed E-state index contributed by atoms with van der Waals surface area (Å²) in [5.74, 6) is 0. The van der Waals surface area contributed by atoms with E-state index in [0.29, 0.717) is 0 Å². The van der Waals surface area contributed by atoms with Crippen molar-refractivity contribution in [3.05, 3.63) is 34.9 Å². The number of hydrogen-bond acceptors (Lipinski definition) is 0. The van der Waals surface area contributed by atoms with E-state index in [0.717, 1.165) is 18.4 Å². The Balaban J connectivity index is 3.13. The highest BCUT2D eigenvalue weighted by atomic mass is 28.3. The summed E-state index contributed by atoms with van der Waals surface area (Å²) in [5.41, 5.74) is 5.32. The zero-order valence-corrected chi connectivity index (χ0v) is 12.7. The molecule has 0 aliphatic heterocycles. The molecular weight excluding hydrogens is 208 g/mol. The average Bonchev–Trinajstić information content (AvgIpc) is 2.26. The lowest BCUT2D eigenvalue weighted by molar-refractivity contribution is 0.985. The van der Waals surface area contributed by atoms with Crippen molar-refractivity contribution >= 4 is 8.07 Å². The van der Waals surface area contributed by atoms with E-state index >= 15 is 0 Å². The normalized spacial score (nSPS) is 13.9. The van der Waals surface area contributed by atoms with Crippen LogP contribution in [0.2, 0.25) is 19.6 Å². The Morgan fingerprint density at radius 3 is 1.69 bits per heavy atom. The van der Waals surface area contributed by atoms with E-state index in [2.05, 4.69) is 58.6 Å². The highest BCUT2D eigenvalue weighted by molar-refractivity contribution is 6.77. The fourth-order valence-electron chi connectivity index (χ4n) is 1.95. The topological polar surface area (TPSA) is 0 Å². The molecule has 0 aliphatic rings. The second-order valence-electron chi connectivity index (χ2n) is 5.88. The van der Waals surface area contributed by atoms with Crippen molar-refractivity contribution in [3.63, 3.8) is 0 Å². The minimum absolute atomic E-state index is 0.754. The molecule has 16 heavy (non-hydrogen) atoms. The monoisotopic (exact) mass is 234 g/mol. The van der Waals surface area contributed by atoms with Crippen LogP contribution in [0.5, 0.6) is 0 Å². The van der Waals surface area contributed by atoms with E-state index in [1.165, 1.54) is 11.1 Å². The second-order valence-corrected chi connectivity index (χ2v) is 11.5. The fourth-order valence-corrected chi connectivity index (χ4v) is 3.12. The van der Waals surface area contributed by atoms with Gasteiger partial charge in [-0.3, -0.25) is 0 Å². The maximum atomic E-state index is 2.46. The van der Waals surface area contributed by atoms with Crippen LogP contribution in [0.4, 0.5) is 0 Å². The summed E-state index contributed by atoms with van der Waals surface area (Å²) in [7, 11) is -1.07. The Labute approximate surface area is 102 Å². The maximum Gasteiger partial charge on any atom is 0.0518 e. The number of hydrogen-bond donors (Lipinski definition) is 0. The molecule has 0 aliphatic carbocycles. The van der Waals surface area contributed by atoms with Gasteiger partial charge < -0.3 is 0 Å². The lowest BCUT2D eigenvalue weighted by atomic mass is 10.0. The van der Waals surface area contributed by atoms with E-state index in [-0.39, 0.29) is 0 Å². The fraction of sp³-hybridized carbons (Fsp3) is 0.600. The molecule has 1 heteroatoms. The Morgan fingerprint density at radius 1 is 0.938 bits per heavy atom. The standard InChI is InChI=1S/C15H26Si/c1-7-13-9-14(8-2)11-15(10-13)12(3)16(4,5)6/h9-12H,7-8H2,1-6H3. The van der Waals surface area contributed by atoms with Gasteiger partial charge in [-0.25, -0.2) is 0 Å². The molecule has 1 aromatic carbocycles. The molecule has 0 heterocycles. The first-order chi connectivity index (χ1) is 7.38. The van der Waals surface area contributed by atoms with Crippen LogP contribution in [0.1, 0.15) is 43.0 Å². The molecule has 1 unspecified atom stereocenters. The molecule has 0 N–H and O–H groups in total. The molecule has 0 saturated carbocycles. The molecule has 1 aromatic rings. The predicted octanol–water partition coefficient (Wildman–Crippen LogP) is 4.79. The van der Waals surface area contributed by atoms with Gasteiger partial charge in [0, 0.05) is 0 Å². The molecule has 0 aromatic heterocycles. The summed E-state index contributed by atoms with van der Waals surface area (Å²) in [4.78, 5) is 0. The van der Waals surface area contributed by atoms with E-state index in [1.54, 1.807) is 5.56 Å². The summed E-state index contributed by atoms with van der Waals surface area (Å²) < 4.78 is 0. The first kappa shape index (κ1) is 13.5. The van der Waals surface area contributed by atoms with Gasteiger partial charge >= 0.3 is 0 Å². The first-order valence-corrected chi connectivity index (χ1v) is 10.1. The van der Waals surface area contributed by atoms with E-state index in [1.807, 2.05) is 0 Å². The summed E-state index contributed by atoms with van der Waals surface area (Å²) in [5, 5.41) is 0. The minimum Gasteiger partial charge on any atom is -0.0691 e. The number of rotatable bonds is 4. The van der Waals surface area contributed by atoms with Gasteiger partial charge in [0.05, 0.1) is 8.07 Å². The Kier molecular flexibility index (Phi) is 4.37. The van der Waals surface area contributed by atoms with Gasteiger partial charge in [-0.05, 0) is 35.1 Å². The van der Waals surface area contributed by atoms with Crippen molar-refractivity contribution < 1.29 is 0 Å². The molecule has 1 atom stereocenters. The van der Waals surface area contributed by atoms with Crippen LogP contribution in [-0.2, 0) is 12.8 Å². The molecule has 0 saturated heterocycles. The molecule has 90 valence electrons. The van der Waals surface area contributed by atoms with Gasteiger partial charge in [0.15, 0.2) is 0 Å². The van der Waals surface area contributed by atoms with Crippen LogP contribution in [0.3, 0.4) is 0 Å². The van der Waals surface area contributed by atoms with E-state index in [9.17, 15) is 0 Å². The second kappa shape index (κ2) is 5.18. The number of benzene rings is 1. The third kappa shape index (κ3) is 3.21. The average molecular weight is 234 g/mol. The zero-order valence-electron chi connectivity index (χ0n) is 11.7. The molecule has 1 rings (SSSR count). The third-order valence-corrected chi connectivity index (χ3v) is 6.62. The van der Waals surface area contributed by atoms with Gasteiger partial charge in [0.25, 0.3) is 0 Å². The van der Waals surface area contributed by atoms with Crippen LogP contribution < -0.4 is 0 Å². The number of aryl methyl sites for hydroxylation is 2. The predicted molar refractivity (Wildman–Crippen MR) is 77.0 cm³/mol. The van der Waals surface area contributed by atoms with Crippen molar-refractivity contribution in [2.75, 3.05) is 0 Å². The van der Waals surface area contributed by atoms with Crippen molar-refractivity contribution in [2.45, 2.75) is 58.8 Å². The quantitative estimate of drug-likeness (QED) is 0.657.